The van der Waals surface area contributed by atoms with Crippen molar-refractivity contribution in [2.75, 3.05) is 33.3 Å². The summed E-state index contributed by atoms with van der Waals surface area (Å²) in [6.45, 7) is 6.71. The summed E-state index contributed by atoms with van der Waals surface area (Å²) in [6, 6.07) is 14.7. The molecule has 0 saturated carbocycles. The minimum absolute atomic E-state index is 0.0572. The first kappa shape index (κ1) is 30.7. The Morgan fingerprint density at radius 2 is 1.74 bits per heavy atom. The van der Waals surface area contributed by atoms with E-state index in [-0.39, 0.29) is 33.8 Å². The number of piperidine rings is 1. The van der Waals surface area contributed by atoms with Crippen LogP contribution in [0.25, 0.3) is 22.6 Å². The Kier molecular flexibility index (Phi) is 8.91. The fourth-order valence-corrected chi connectivity index (χ4v) is 6.86. The van der Waals surface area contributed by atoms with Crippen LogP contribution >= 0.6 is 0 Å². The van der Waals surface area contributed by atoms with E-state index >= 15 is 0 Å². The Morgan fingerprint density at radius 3 is 2.42 bits per heavy atom. The van der Waals surface area contributed by atoms with Crippen LogP contribution in [0.5, 0.6) is 5.75 Å². The second kappa shape index (κ2) is 12.5. The van der Waals surface area contributed by atoms with E-state index in [0.717, 1.165) is 42.5 Å². The molecule has 0 amide bonds. The van der Waals surface area contributed by atoms with Crippen molar-refractivity contribution in [2.24, 2.45) is 7.05 Å². The van der Waals surface area contributed by atoms with Gasteiger partial charge in [-0.2, -0.15) is 0 Å². The van der Waals surface area contributed by atoms with E-state index in [0.29, 0.717) is 30.9 Å². The molecule has 0 atom stereocenters. The number of fused-ring (bicyclic) bond motifs is 1. The molecular formula is C31H40N6O5S. The monoisotopic (exact) mass is 608 g/mol. The molecule has 2 aromatic heterocycles. The largest absolute Gasteiger partial charge is 0.493 e. The fraction of sp³-hybridized carbons (Fsp3) is 0.452. The van der Waals surface area contributed by atoms with Crippen LogP contribution in [-0.2, 0) is 29.0 Å². The number of sulfonamides is 1. The molecule has 12 heteroatoms. The van der Waals surface area contributed by atoms with Gasteiger partial charge in [0.25, 0.3) is 5.56 Å². The van der Waals surface area contributed by atoms with Crippen LogP contribution in [0.4, 0.5) is 0 Å². The maximum atomic E-state index is 13.8. The first-order valence-electron chi connectivity index (χ1n) is 14.8. The van der Waals surface area contributed by atoms with Gasteiger partial charge >= 0.3 is 5.69 Å². The van der Waals surface area contributed by atoms with Gasteiger partial charge in [-0.15, -0.1) is 0 Å². The Labute approximate surface area is 251 Å². The molecule has 2 N–H and O–H groups in total. The molecule has 4 aromatic rings. The van der Waals surface area contributed by atoms with E-state index in [2.05, 4.69) is 38.8 Å². The second-order valence-corrected chi connectivity index (χ2v) is 13.1. The van der Waals surface area contributed by atoms with E-state index in [9.17, 15) is 18.0 Å². The number of hydrogen-bond donors (Lipinski definition) is 2. The number of aryl methyl sites for hydroxylation is 1. The van der Waals surface area contributed by atoms with Crippen molar-refractivity contribution in [3.05, 3.63) is 74.9 Å². The van der Waals surface area contributed by atoms with E-state index in [1.165, 1.54) is 23.7 Å². The number of H-pyrrole nitrogens is 1. The number of likely N-dealkylation sites (tertiary alicyclic amines) is 1. The normalized spacial score (nSPS) is 15.6. The Hall–Kier alpha value is -3.74. The zero-order chi connectivity index (χ0) is 30.8. The molecule has 0 aliphatic carbocycles. The highest BCUT2D eigenvalue weighted by Crippen LogP contribution is 2.36. The number of imidazole rings is 1. The SMILES string of the molecule is CCCOc1ccc(S(=O)(=O)NCC2(c3ccccc3)CCN(C)CC2)cc1-c1nc2c([nH]1)c(=O)n(C)c(=O)n2CCC. The predicted molar refractivity (Wildman–Crippen MR) is 167 cm³/mol. The Balaban J connectivity index is 1.55. The molecule has 1 aliphatic heterocycles. The van der Waals surface area contributed by atoms with Crippen molar-refractivity contribution < 1.29 is 13.2 Å². The smallest absolute Gasteiger partial charge is 0.332 e. The van der Waals surface area contributed by atoms with Gasteiger partial charge in [-0.1, -0.05) is 44.2 Å². The van der Waals surface area contributed by atoms with Gasteiger partial charge < -0.3 is 14.6 Å². The molecule has 5 rings (SSSR count). The van der Waals surface area contributed by atoms with Crippen LogP contribution in [0.15, 0.2) is 63.0 Å². The first-order valence-corrected chi connectivity index (χ1v) is 16.3. The summed E-state index contributed by atoms with van der Waals surface area (Å²) >= 11 is 0. The molecule has 230 valence electrons. The van der Waals surface area contributed by atoms with Crippen LogP contribution in [0.2, 0.25) is 0 Å². The van der Waals surface area contributed by atoms with Gasteiger partial charge in [0.15, 0.2) is 5.65 Å². The first-order chi connectivity index (χ1) is 20.6. The lowest BCUT2D eigenvalue weighted by molar-refractivity contribution is 0.188. The molecule has 0 unspecified atom stereocenters. The number of rotatable bonds is 11. The zero-order valence-electron chi connectivity index (χ0n) is 25.2. The zero-order valence-corrected chi connectivity index (χ0v) is 26.0. The molecule has 0 spiro atoms. The molecule has 2 aromatic carbocycles. The van der Waals surface area contributed by atoms with E-state index in [1.54, 1.807) is 6.07 Å². The van der Waals surface area contributed by atoms with E-state index < -0.39 is 21.3 Å². The third kappa shape index (κ3) is 6.04. The maximum absolute atomic E-state index is 13.8. The molecule has 3 heterocycles. The number of benzene rings is 2. The van der Waals surface area contributed by atoms with Crippen LogP contribution in [0.1, 0.15) is 45.1 Å². The van der Waals surface area contributed by atoms with Crippen LogP contribution in [0.3, 0.4) is 0 Å². The molecule has 0 radical (unpaired) electrons. The van der Waals surface area contributed by atoms with Crippen LogP contribution in [0, 0.1) is 0 Å². The Bertz CT molecular complexity index is 1820. The number of aromatic nitrogens is 4. The molecule has 11 nitrogen and oxygen atoms in total. The summed E-state index contributed by atoms with van der Waals surface area (Å²) in [6.07, 6.45) is 3.08. The van der Waals surface area contributed by atoms with Crippen molar-refractivity contribution >= 4 is 21.2 Å². The van der Waals surface area contributed by atoms with Crippen molar-refractivity contribution in [2.45, 2.75) is 56.4 Å². The van der Waals surface area contributed by atoms with Gasteiger partial charge in [0.2, 0.25) is 10.0 Å². The molecule has 1 saturated heterocycles. The minimum Gasteiger partial charge on any atom is -0.493 e. The highest BCUT2D eigenvalue weighted by molar-refractivity contribution is 7.89. The third-order valence-corrected chi connectivity index (χ3v) is 9.73. The lowest BCUT2D eigenvalue weighted by atomic mass is 9.73. The molecule has 43 heavy (non-hydrogen) atoms. The number of nitrogens with one attached hydrogen (secondary N) is 2. The van der Waals surface area contributed by atoms with Gasteiger partial charge in [-0.3, -0.25) is 13.9 Å². The van der Waals surface area contributed by atoms with Crippen molar-refractivity contribution in [1.29, 1.82) is 0 Å². The van der Waals surface area contributed by atoms with E-state index in [4.69, 9.17) is 4.74 Å². The lowest BCUT2D eigenvalue weighted by Gasteiger charge is -2.41. The van der Waals surface area contributed by atoms with Crippen molar-refractivity contribution in [3.63, 3.8) is 0 Å². The summed E-state index contributed by atoms with van der Waals surface area (Å²) in [5, 5.41) is 0. The molecular weight excluding hydrogens is 568 g/mol. The second-order valence-electron chi connectivity index (χ2n) is 11.4. The number of nitrogens with zero attached hydrogens (tertiary/aromatic N) is 4. The fourth-order valence-electron chi connectivity index (χ4n) is 5.71. The van der Waals surface area contributed by atoms with Gasteiger partial charge in [0.05, 0.1) is 17.1 Å². The highest BCUT2D eigenvalue weighted by Gasteiger charge is 2.36. The minimum atomic E-state index is -3.94. The molecule has 1 fully saturated rings. The summed E-state index contributed by atoms with van der Waals surface area (Å²) in [5.74, 6) is 0.680. The molecule has 0 bridgehead atoms. The van der Waals surface area contributed by atoms with Crippen molar-refractivity contribution in [1.82, 2.24) is 28.7 Å². The summed E-state index contributed by atoms with van der Waals surface area (Å²) < 4.78 is 38.9. The average molecular weight is 609 g/mol. The third-order valence-electron chi connectivity index (χ3n) is 8.33. The standard InChI is InChI=1S/C31H40N6O5S/c1-5-16-37-28-26(29(38)36(4)30(37)39)33-27(34-28)24-20-23(12-13-25(24)42-19-6-2)43(40,41)32-21-31(14-17-35(3)18-15-31)22-10-8-7-9-11-22/h7-13,20,32H,5-6,14-19,21H2,1-4H3,(H,33,34). The highest BCUT2D eigenvalue weighted by atomic mass is 32.2. The van der Waals surface area contributed by atoms with Crippen molar-refractivity contribution in [3.8, 4) is 17.1 Å². The van der Waals surface area contributed by atoms with Crippen LogP contribution < -0.4 is 20.7 Å². The average Bonchev–Trinajstić information content (AvgIpc) is 3.47. The quantitative estimate of drug-likeness (QED) is 0.267. The van der Waals surface area contributed by atoms with Gasteiger partial charge in [-0.05, 0) is 69.6 Å². The topological polar surface area (TPSA) is 131 Å². The van der Waals surface area contributed by atoms with Gasteiger partial charge in [0, 0.05) is 25.6 Å². The lowest BCUT2D eigenvalue weighted by Crippen LogP contribution is -2.48. The van der Waals surface area contributed by atoms with Crippen LogP contribution in [-0.4, -0.2) is 65.7 Å². The number of aromatic amines is 1. The van der Waals surface area contributed by atoms with Gasteiger partial charge in [0.1, 0.15) is 17.1 Å². The number of ether oxygens (including phenoxy) is 1. The summed E-state index contributed by atoms with van der Waals surface area (Å²) in [5.41, 5.74) is 0.628. The maximum Gasteiger partial charge on any atom is 0.332 e. The summed E-state index contributed by atoms with van der Waals surface area (Å²) in [7, 11) is -0.427. The predicted octanol–water partition coefficient (Wildman–Crippen LogP) is 3.23. The van der Waals surface area contributed by atoms with E-state index in [1.807, 2.05) is 32.0 Å². The number of hydrogen-bond acceptors (Lipinski definition) is 7. The van der Waals surface area contributed by atoms with Gasteiger partial charge in [-0.25, -0.2) is 22.9 Å². The Morgan fingerprint density at radius 1 is 1.02 bits per heavy atom. The molecule has 1 aliphatic rings. The summed E-state index contributed by atoms with van der Waals surface area (Å²) in [4.78, 5) is 35.8.